The van der Waals surface area contributed by atoms with Crippen molar-refractivity contribution in [2.45, 2.75) is 13.3 Å². The van der Waals surface area contributed by atoms with Gasteiger partial charge in [-0.15, -0.1) is 0 Å². The first-order valence-electron chi connectivity index (χ1n) is 10.1. The molecule has 1 amide bonds. The van der Waals surface area contributed by atoms with Gasteiger partial charge in [-0.05, 0) is 54.6 Å². The molecule has 1 heterocycles. The lowest BCUT2D eigenvalue weighted by Gasteiger charge is -2.12. The number of aliphatic imine (C=N–C) groups is 1. The monoisotopic (exact) mass is 472 g/mol. The molecule has 0 aromatic heterocycles. The Bertz CT molecular complexity index is 1100. The van der Waals surface area contributed by atoms with Crippen LogP contribution in [0.25, 0.3) is 6.08 Å². The van der Waals surface area contributed by atoms with E-state index >= 15 is 0 Å². The minimum Gasteiger partial charge on any atom is -0.497 e. The zero-order chi connectivity index (χ0) is 23.8. The van der Waals surface area contributed by atoms with Crippen LogP contribution in [-0.2, 0) is 9.59 Å². The average molecular weight is 473 g/mol. The standard InChI is InChI=1S/C23H24N2O7S/c1-4-31-19-11-14(5-8-17(19)32-10-9-21(26)27)12-20-22(28)25-23(33-20)24-16-7-6-15(29-2)13-18(16)30-3/h5-8,11-13H,4,9-10H2,1-3H3,(H,26,27)(H,24,25,28)/b20-12+. The van der Waals surface area contributed by atoms with E-state index in [1.807, 2.05) is 6.92 Å². The van der Waals surface area contributed by atoms with Gasteiger partial charge in [0, 0.05) is 6.07 Å². The molecule has 0 saturated carbocycles. The second-order valence-corrected chi connectivity index (χ2v) is 7.68. The number of carbonyl (C=O) groups is 2. The predicted molar refractivity (Wildman–Crippen MR) is 126 cm³/mol. The van der Waals surface area contributed by atoms with Crippen LogP contribution in [0.15, 0.2) is 46.3 Å². The maximum atomic E-state index is 12.5. The van der Waals surface area contributed by atoms with Crippen LogP contribution in [0.4, 0.5) is 5.69 Å². The van der Waals surface area contributed by atoms with E-state index in [2.05, 4.69) is 10.3 Å². The van der Waals surface area contributed by atoms with Crippen LogP contribution < -0.4 is 24.3 Å². The fourth-order valence-electron chi connectivity index (χ4n) is 2.87. The Morgan fingerprint density at radius 3 is 2.61 bits per heavy atom. The zero-order valence-corrected chi connectivity index (χ0v) is 19.2. The first-order chi connectivity index (χ1) is 15.9. The van der Waals surface area contributed by atoms with Gasteiger partial charge in [0.25, 0.3) is 5.91 Å². The van der Waals surface area contributed by atoms with E-state index in [-0.39, 0.29) is 18.9 Å². The Hall–Kier alpha value is -3.66. The molecule has 1 aliphatic heterocycles. The largest absolute Gasteiger partial charge is 0.497 e. The molecular formula is C23H24N2O7S. The molecular weight excluding hydrogens is 448 g/mol. The van der Waals surface area contributed by atoms with Crippen molar-refractivity contribution in [1.82, 2.24) is 5.32 Å². The van der Waals surface area contributed by atoms with Crippen LogP contribution in [0.2, 0.25) is 0 Å². The number of benzene rings is 2. The minimum absolute atomic E-state index is 0.0305. The third-order valence-corrected chi connectivity index (χ3v) is 5.31. The Morgan fingerprint density at radius 2 is 1.91 bits per heavy atom. The van der Waals surface area contributed by atoms with E-state index in [4.69, 9.17) is 24.1 Å². The molecule has 33 heavy (non-hydrogen) atoms. The molecule has 0 unspecified atom stereocenters. The quantitative estimate of drug-likeness (QED) is 0.501. The summed E-state index contributed by atoms with van der Waals surface area (Å²) in [6.45, 7) is 2.27. The molecule has 10 heteroatoms. The Balaban J connectivity index is 1.79. The second-order valence-electron chi connectivity index (χ2n) is 6.65. The van der Waals surface area contributed by atoms with Crippen LogP contribution in [0, 0.1) is 0 Å². The molecule has 2 aromatic rings. The van der Waals surface area contributed by atoms with Crippen molar-refractivity contribution in [2.24, 2.45) is 4.99 Å². The van der Waals surface area contributed by atoms with Crippen LogP contribution in [-0.4, -0.2) is 49.6 Å². The van der Waals surface area contributed by atoms with E-state index < -0.39 is 5.97 Å². The number of hydrogen-bond donors (Lipinski definition) is 2. The Kier molecular flexibility index (Phi) is 8.20. The third-order valence-electron chi connectivity index (χ3n) is 4.40. The van der Waals surface area contributed by atoms with Crippen molar-refractivity contribution in [3.63, 3.8) is 0 Å². The number of amidine groups is 1. The average Bonchev–Trinajstić information content (AvgIpc) is 3.13. The number of nitrogens with zero attached hydrogens (tertiary/aromatic N) is 1. The van der Waals surface area contributed by atoms with Gasteiger partial charge in [0.15, 0.2) is 16.7 Å². The molecule has 2 aromatic carbocycles. The normalized spacial score (nSPS) is 15.4. The summed E-state index contributed by atoms with van der Waals surface area (Å²) in [4.78, 5) is 28.1. The summed E-state index contributed by atoms with van der Waals surface area (Å²) in [6.07, 6.45) is 1.60. The van der Waals surface area contributed by atoms with E-state index in [1.54, 1.807) is 49.6 Å². The fourth-order valence-corrected chi connectivity index (χ4v) is 3.70. The molecule has 0 radical (unpaired) electrons. The van der Waals surface area contributed by atoms with Crippen molar-refractivity contribution < 1.29 is 33.6 Å². The molecule has 0 atom stereocenters. The lowest BCUT2D eigenvalue weighted by Crippen LogP contribution is -2.19. The van der Waals surface area contributed by atoms with Gasteiger partial charge in [-0.25, -0.2) is 4.99 Å². The summed E-state index contributed by atoms with van der Waals surface area (Å²) in [5.41, 5.74) is 1.29. The van der Waals surface area contributed by atoms with Gasteiger partial charge in [-0.2, -0.15) is 0 Å². The maximum absolute atomic E-state index is 12.5. The first-order valence-corrected chi connectivity index (χ1v) is 10.9. The van der Waals surface area contributed by atoms with Gasteiger partial charge in [-0.1, -0.05) is 6.07 Å². The van der Waals surface area contributed by atoms with Gasteiger partial charge in [-0.3, -0.25) is 9.59 Å². The van der Waals surface area contributed by atoms with Gasteiger partial charge >= 0.3 is 5.97 Å². The van der Waals surface area contributed by atoms with E-state index in [0.717, 1.165) is 5.56 Å². The second kappa shape index (κ2) is 11.3. The number of ether oxygens (including phenoxy) is 4. The SMILES string of the molecule is CCOc1cc(/C=C2/SC(=Nc3ccc(OC)cc3OC)NC2=O)ccc1OCCC(=O)O. The van der Waals surface area contributed by atoms with Gasteiger partial charge in [0.05, 0.1) is 38.8 Å². The summed E-state index contributed by atoms with van der Waals surface area (Å²) < 4.78 is 21.7. The lowest BCUT2D eigenvalue weighted by molar-refractivity contribution is -0.137. The highest BCUT2D eigenvalue weighted by atomic mass is 32.2. The van der Waals surface area contributed by atoms with Crippen molar-refractivity contribution >= 4 is 40.6 Å². The minimum atomic E-state index is -0.941. The van der Waals surface area contributed by atoms with Gasteiger partial charge in [0.2, 0.25) is 0 Å². The smallest absolute Gasteiger partial charge is 0.306 e. The van der Waals surface area contributed by atoms with Crippen LogP contribution >= 0.6 is 11.8 Å². The molecule has 0 aliphatic carbocycles. The fraction of sp³-hybridized carbons (Fsp3) is 0.261. The van der Waals surface area contributed by atoms with Crippen molar-refractivity contribution in [1.29, 1.82) is 0 Å². The summed E-state index contributed by atoms with van der Waals surface area (Å²) >= 11 is 1.20. The van der Waals surface area contributed by atoms with Crippen LogP contribution in [0.3, 0.4) is 0 Å². The number of aliphatic carboxylic acids is 1. The number of carbonyl (C=O) groups excluding carboxylic acids is 1. The molecule has 3 rings (SSSR count). The highest BCUT2D eigenvalue weighted by Crippen LogP contribution is 2.35. The molecule has 1 aliphatic rings. The summed E-state index contributed by atoms with van der Waals surface area (Å²) in [5.74, 6) is 0.860. The number of nitrogens with one attached hydrogen (secondary N) is 1. The van der Waals surface area contributed by atoms with E-state index in [0.29, 0.717) is 45.4 Å². The van der Waals surface area contributed by atoms with Gasteiger partial charge < -0.3 is 29.4 Å². The van der Waals surface area contributed by atoms with E-state index in [1.165, 1.54) is 18.9 Å². The topological polar surface area (TPSA) is 116 Å². The number of thioether (sulfide) groups is 1. The summed E-state index contributed by atoms with van der Waals surface area (Å²) in [5, 5.41) is 12.0. The molecule has 9 nitrogen and oxygen atoms in total. The third kappa shape index (κ3) is 6.42. The van der Waals surface area contributed by atoms with E-state index in [9.17, 15) is 9.59 Å². The number of hydrogen-bond acceptors (Lipinski definition) is 8. The van der Waals surface area contributed by atoms with Crippen LogP contribution in [0.1, 0.15) is 18.9 Å². The summed E-state index contributed by atoms with van der Waals surface area (Å²) in [6, 6.07) is 10.4. The molecule has 1 fully saturated rings. The number of methoxy groups -OCH3 is 2. The number of carboxylic acid groups (broad SMARTS) is 1. The Labute approximate surface area is 195 Å². The Morgan fingerprint density at radius 1 is 1.09 bits per heavy atom. The van der Waals surface area contributed by atoms with Gasteiger partial charge in [0.1, 0.15) is 17.2 Å². The van der Waals surface area contributed by atoms with Crippen molar-refractivity contribution in [2.75, 3.05) is 27.4 Å². The zero-order valence-electron chi connectivity index (χ0n) is 18.4. The summed E-state index contributed by atoms with van der Waals surface area (Å²) in [7, 11) is 3.10. The number of carboxylic acids is 1. The number of amides is 1. The maximum Gasteiger partial charge on any atom is 0.306 e. The molecule has 1 saturated heterocycles. The van der Waals surface area contributed by atoms with Crippen LogP contribution in [0.5, 0.6) is 23.0 Å². The lowest BCUT2D eigenvalue weighted by atomic mass is 10.2. The molecule has 174 valence electrons. The molecule has 0 bridgehead atoms. The first kappa shape index (κ1) is 24.0. The highest BCUT2D eigenvalue weighted by molar-refractivity contribution is 8.18. The number of rotatable bonds is 10. The van der Waals surface area contributed by atoms with Crippen molar-refractivity contribution in [3.05, 3.63) is 46.9 Å². The highest BCUT2D eigenvalue weighted by Gasteiger charge is 2.24. The molecule has 0 spiro atoms. The molecule has 2 N–H and O–H groups in total. The predicted octanol–water partition coefficient (Wildman–Crippen LogP) is 3.85. The van der Waals surface area contributed by atoms with Crippen molar-refractivity contribution in [3.8, 4) is 23.0 Å².